The van der Waals surface area contributed by atoms with Gasteiger partial charge in [-0.2, -0.15) is 0 Å². The van der Waals surface area contributed by atoms with Gasteiger partial charge in [0.2, 0.25) is 11.1 Å². The molecule has 1 heterocycles. The monoisotopic (exact) mass is 277 g/mol. The number of nitrogens with two attached hydrogens (primary N) is 1. The first-order valence-corrected chi connectivity index (χ1v) is 6.63. The molecule has 1 amide bonds. The molecule has 0 saturated heterocycles. The lowest BCUT2D eigenvalue weighted by molar-refractivity contribution is -0.115. The Bertz CT molecular complexity index is 583. The van der Waals surface area contributed by atoms with Gasteiger partial charge in [-0.1, -0.05) is 23.9 Å². The van der Waals surface area contributed by atoms with Gasteiger partial charge in [0.1, 0.15) is 6.33 Å². The van der Waals surface area contributed by atoms with Crippen LogP contribution in [-0.2, 0) is 4.79 Å². The van der Waals surface area contributed by atoms with Crippen molar-refractivity contribution in [3.05, 3.63) is 36.2 Å². The van der Waals surface area contributed by atoms with E-state index in [4.69, 9.17) is 5.84 Å². The van der Waals surface area contributed by atoms with Gasteiger partial charge in [-0.05, 0) is 31.5 Å². The molecule has 0 saturated carbocycles. The molecule has 0 spiro atoms. The Balaban J connectivity index is 1.98. The largest absolute Gasteiger partial charge is 0.336 e. The van der Waals surface area contributed by atoms with Crippen LogP contribution in [0.2, 0.25) is 0 Å². The van der Waals surface area contributed by atoms with E-state index in [-0.39, 0.29) is 11.2 Å². The highest BCUT2D eigenvalue weighted by molar-refractivity contribution is 8.00. The Morgan fingerprint density at radius 3 is 2.95 bits per heavy atom. The average molecular weight is 277 g/mol. The number of nitrogens with one attached hydrogen (secondary N) is 1. The Morgan fingerprint density at radius 2 is 2.32 bits per heavy atom. The molecule has 1 aromatic heterocycles. The number of hydrogen-bond acceptors (Lipinski definition) is 5. The molecule has 100 valence electrons. The topological polar surface area (TPSA) is 85.8 Å². The zero-order valence-corrected chi connectivity index (χ0v) is 11.5. The fourth-order valence-corrected chi connectivity index (χ4v) is 2.24. The van der Waals surface area contributed by atoms with Gasteiger partial charge >= 0.3 is 0 Å². The summed E-state index contributed by atoms with van der Waals surface area (Å²) in [7, 11) is 0. The number of nitrogens with zero attached hydrogens (tertiary/aromatic N) is 3. The van der Waals surface area contributed by atoms with Gasteiger partial charge in [0, 0.05) is 5.69 Å². The number of aromatic nitrogens is 3. The van der Waals surface area contributed by atoms with Crippen LogP contribution in [0.5, 0.6) is 0 Å². The molecule has 6 nitrogen and oxygen atoms in total. The smallest absolute Gasteiger partial charge is 0.237 e. The number of benzene rings is 1. The minimum absolute atomic E-state index is 0.0985. The van der Waals surface area contributed by atoms with E-state index in [0.717, 1.165) is 11.3 Å². The van der Waals surface area contributed by atoms with E-state index in [9.17, 15) is 4.79 Å². The van der Waals surface area contributed by atoms with Crippen LogP contribution >= 0.6 is 11.8 Å². The van der Waals surface area contributed by atoms with Gasteiger partial charge in [-0.25, -0.2) is 4.68 Å². The second kappa shape index (κ2) is 5.75. The SMILES string of the molecule is Cc1cccc(NC(=O)[C@H](C)Sc2nncn2N)c1. The predicted molar refractivity (Wildman–Crippen MR) is 75.3 cm³/mol. The number of amides is 1. The summed E-state index contributed by atoms with van der Waals surface area (Å²) in [4.78, 5) is 12.0. The lowest BCUT2D eigenvalue weighted by Crippen LogP contribution is -2.23. The Hall–Kier alpha value is -2.02. The Morgan fingerprint density at radius 1 is 1.53 bits per heavy atom. The molecular formula is C12H15N5OS. The highest BCUT2D eigenvalue weighted by Gasteiger charge is 2.17. The number of nitrogen functional groups attached to an aromatic ring is 1. The van der Waals surface area contributed by atoms with Gasteiger partial charge in [0.25, 0.3) is 0 Å². The lowest BCUT2D eigenvalue weighted by Gasteiger charge is -2.11. The van der Waals surface area contributed by atoms with Crippen LogP contribution in [0.15, 0.2) is 35.7 Å². The van der Waals surface area contributed by atoms with Crippen LogP contribution in [0.4, 0.5) is 5.69 Å². The Labute approximate surface area is 115 Å². The van der Waals surface area contributed by atoms with E-state index in [1.165, 1.54) is 22.8 Å². The molecule has 2 rings (SSSR count). The van der Waals surface area contributed by atoms with Crippen molar-refractivity contribution >= 4 is 23.4 Å². The highest BCUT2D eigenvalue weighted by atomic mass is 32.2. The van der Waals surface area contributed by atoms with Crippen molar-refractivity contribution < 1.29 is 4.79 Å². The second-order valence-corrected chi connectivity index (χ2v) is 5.45. The quantitative estimate of drug-likeness (QED) is 0.652. The van der Waals surface area contributed by atoms with Crippen molar-refractivity contribution in [2.75, 3.05) is 11.2 Å². The normalized spacial score (nSPS) is 12.1. The van der Waals surface area contributed by atoms with Gasteiger partial charge < -0.3 is 11.2 Å². The third-order valence-electron chi connectivity index (χ3n) is 2.48. The molecule has 0 fully saturated rings. The maximum Gasteiger partial charge on any atom is 0.237 e. The number of carbonyl (C=O) groups excluding carboxylic acids is 1. The van der Waals surface area contributed by atoms with Crippen LogP contribution in [0.3, 0.4) is 0 Å². The highest BCUT2D eigenvalue weighted by Crippen LogP contribution is 2.21. The first-order chi connectivity index (χ1) is 9.06. The summed E-state index contributed by atoms with van der Waals surface area (Å²) in [6.45, 7) is 3.77. The van der Waals surface area contributed by atoms with E-state index in [2.05, 4.69) is 15.5 Å². The van der Waals surface area contributed by atoms with Crippen LogP contribution in [-0.4, -0.2) is 26.0 Å². The van der Waals surface area contributed by atoms with Gasteiger partial charge in [-0.3, -0.25) is 4.79 Å². The fraction of sp³-hybridized carbons (Fsp3) is 0.250. The summed E-state index contributed by atoms with van der Waals surface area (Å²) in [5, 5.41) is 10.5. The average Bonchev–Trinajstić information content (AvgIpc) is 2.75. The molecule has 7 heteroatoms. The number of thioether (sulfide) groups is 1. The van der Waals surface area contributed by atoms with E-state index < -0.39 is 0 Å². The van der Waals surface area contributed by atoms with Gasteiger partial charge in [0.15, 0.2) is 0 Å². The molecule has 0 aliphatic rings. The number of hydrogen-bond donors (Lipinski definition) is 2. The summed E-state index contributed by atoms with van der Waals surface area (Å²) in [6, 6.07) is 7.65. The van der Waals surface area contributed by atoms with Crippen molar-refractivity contribution in [1.82, 2.24) is 14.9 Å². The maximum atomic E-state index is 12.0. The summed E-state index contributed by atoms with van der Waals surface area (Å²) >= 11 is 1.26. The summed E-state index contributed by atoms with van der Waals surface area (Å²) < 4.78 is 1.29. The predicted octanol–water partition coefficient (Wildman–Crippen LogP) is 1.42. The molecule has 2 aromatic rings. The van der Waals surface area contributed by atoms with E-state index in [1.54, 1.807) is 6.92 Å². The fourth-order valence-electron chi connectivity index (χ4n) is 1.49. The zero-order chi connectivity index (χ0) is 13.8. The molecule has 0 aliphatic heterocycles. The summed E-state index contributed by atoms with van der Waals surface area (Å²) in [6.07, 6.45) is 1.40. The molecule has 0 aliphatic carbocycles. The first kappa shape index (κ1) is 13.4. The molecule has 0 bridgehead atoms. The van der Waals surface area contributed by atoms with Crippen molar-refractivity contribution in [2.45, 2.75) is 24.3 Å². The van der Waals surface area contributed by atoms with Gasteiger partial charge in [0.05, 0.1) is 5.25 Å². The number of carbonyl (C=O) groups is 1. The van der Waals surface area contributed by atoms with Crippen LogP contribution in [0, 0.1) is 6.92 Å². The molecule has 1 atom stereocenters. The van der Waals surface area contributed by atoms with Crippen molar-refractivity contribution in [1.29, 1.82) is 0 Å². The number of aryl methyl sites for hydroxylation is 1. The number of rotatable bonds is 4. The molecule has 3 N–H and O–H groups in total. The zero-order valence-electron chi connectivity index (χ0n) is 10.7. The van der Waals surface area contributed by atoms with Gasteiger partial charge in [-0.15, -0.1) is 10.2 Å². The summed E-state index contributed by atoms with van der Waals surface area (Å²) in [5.41, 5.74) is 1.88. The second-order valence-electron chi connectivity index (χ2n) is 4.14. The van der Waals surface area contributed by atoms with Crippen molar-refractivity contribution in [2.24, 2.45) is 0 Å². The van der Waals surface area contributed by atoms with Crippen LogP contribution < -0.4 is 11.2 Å². The third-order valence-corrected chi connectivity index (χ3v) is 3.55. The third kappa shape index (κ3) is 3.47. The lowest BCUT2D eigenvalue weighted by atomic mass is 10.2. The van der Waals surface area contributed by atoms with E-state index >= 15 is 0 Å². The van der Waals surface area contributed by atoms with Crippen LogP contribution in [0.25, 0.3) is 0 Å². The maximum absolute atomic E-state index is 12.0. The molecular weight excluding hydrogens is 262 g/mol. The molecule has 0 radical (unpaired) electrons. The molecule has 19 heavy (non-hydrogen) atoms. The molecule has 0 unspecified atom stereocenters. The summed E-state index contributed by atoms with van der Waals surface area (Å²) in [5.74, 6) is 5.50. The number of anilines is 1. The van der Waals surface area contributed by atoms with Crippen molar-refractivity contribution in [3.63, 3.8) is 0 Å². The van der Waals surface area contributed by atoms with E-state index in [1.807, 2.05) is 31.2 Å². The Kier molecular flexibility index (Phi) is 4.06. The standard InChI is InChI=1S/C12H15N5OS/c1-8-4-3-5-10(6-8)15-11(18)9(2)19-12-16-14-7-17(12)13/h3-7,9H,13H2,1-2H3,(H,15,18)/t9-/m0/s1. The van der Waals surface area contributed by atoms with Crippen molar-refractivity contribution in [3.8, 4) is 0 Å². The first-order valence-electron chi connectivity index (χ1n) is 5.75. The minimum atomic E-state index is -0.313. The minimum Gasteiger partial charge on any atom is -0.336 e. The van der Waals surface area contributed by atoms with Crippen LogP contribution in [0.1, 0.15) is 12.5 Å². The molecule has 1 aromatic carbocycles. The van der Waals surface area contributed by atoms with E-state index in [0.29, 0.717) is 5.16 Å².